The van der Waals surface area contributed by atoms with Crippen LogP contribution in [-0.2, 0) is 11.0 Å². The fraction of sp³-hybridized carbons (Fsp3) is 0.188. The second-order valence-electron chi connectivity index (χ2n) is 4.81. The van der Waals surface area contributed by atoms with Gasteiger partial charge in [-0.1, -0.05) is 35.4 Å². The van der Waals surface area contributed by atoms with E-state index in [4.69, 9.17) is 11.6 Å². The van der Waals surface area contributed by atoms with Gasteiger partial charge in [-0.3, -0.25) is 4.79 Å². The van der Waals surface area contributed by atoms with Crippen LogP contribution in [0.2, 0.25) is 5.02 Å². The highest BCUT2D eigenvalue weighted by Gasteiger charge is 2.34. The van der Waals surface area contributed by atoms with E-state index in [1.807, 2.05) is 31.2 Å². The van der Waals surface area contributed by atoms with Gasteiger partial charge in [-0.2, -0.15) is 13.2 Å². The first-order valence-corrected chi connectivity index (χ1v) is 7.99. The number of para-hydroxylation sites is 1. The maximum absolute atomic E-state index is 13.0. The van der Waals surface area contributed by atoms with Crippen LogP contribution < -0.4 is 5.32 Å². The van der Waals surface area contributed by atoms with Crippen LogP contribution in [0, 0.1) is 6.92 Å². The zero-order chi connectivity index (χ0) is 17.0. The van der Waals surface area contributed by atoms with Gasteiger partial charge in [0.1, 0.15) is 0 Å². The highest BCUT2D eigenvalue weighted by Crippen LogP contribution is 2.38. The van der Waals surface area contributed by atoms with Crippen molar-refractivity contribution in [2.45, 2.75) is 18.0 Å². The number of carbonyl (C=O) groups excluding carboxylic acids is 1. The van der Waals surface area contributed by atoms with Crippen molar-refractivity contribution in [1.29, 1.82) is 0 Å². The highest BCUT2D eigenvalue weighted by atomic mass is 35.5. The third-order valence-electron chi connectivity index (χ3n) is 2.97. The SMILES string of the molecule is Cc1ccc(SCC(=O)Nc2c(Cl)cccc2C(F)(F)F)cc1. The molecule has 0 saturated carbocycles. The summed E-state index contributed by atoms with van der Waals surface area (Å²) in [7, 11) is 0. The van der Waals surface area contributed by atoms with Gasteiger partial charge < -0.3 is 5.32 Å². The van der Waals surface area contributed by atoms with Crippen LogP contribution in [0.3, 0.4) is 0 Å². The maximum atomic E-state index is 13.0. The number of alkyl halides is 3. The number of rotatable bonds is 4. The quantitative estimate of drug-likeness (QED) is 0.741. The number of halogens is 4. The molecule has 0 aliphatic rings. The zero-order valence-corrected chi connectivity index (χ0v) is 13.6. The Labute approximate surface area is 141 Å². The lowest BCUT2D eigenvalue weighted by atomic mass is 10.1. The van der Waals surface area contributed by atoms with Gasteiger partial charge in [0.2, 0.25) is 5.91 Å². The number of hydrogen-bond acceptors (Lipinski definition) is 2. The van der Waals surface area contributed by atoms with Crippen LogP contribution in [0.1, 0.15) is 11.1 Å². The van der Waals surface area contributed by atoms with E-state index in [0.29, 0.717) is 0 Å². The molecular weight excluding hydrogens is 347 g/mol. The Bertz CT molecular complexity index is 701. The lowest BCUT2D eigenvalue weighted by Gasteiger charge is -2.15. The number of amides is 1. The summed E-state index contributed by atoms with van der Waals surface area (Å²) >= 11 is 7.03. The van der Waals surface area contributed by atoms with Crippen molar-refractivity contribution in [1.82, 2.24) is 0 Å². The second-order valence-corrected chi connectivity index (χ2v) is 6.27. The summed E-state index contributed by atoms with van der Waals surface area (Å²) in [5.74, 6) is -0.555. The van der Waals surface area contributed by atoms with E-state index in [2.05, 4.69) is 5.32 Å². The first-order valence-electron chi connectivity index (χ1n) is 6.62. The lowest BCUT2D eigenvalue weighted by molar-refractivity contribution is -0.137. The largest absolute Gasteiger partial charge is 0.418 e. The van der Waals surface area contributed by atoms with E-state index in [0.717, 1.165) is 16.5 Å². The van der Waals surface area contributed by atoms with E-state index >= 15 is 0 Å². The van der Waals surface area contributed by atoms with Gasteiger partial charge >= 0.3 is 6.18 Å². The fourth-order valence-corrected chi connectivity index (χ4v) is 2.77. The molecule has 0 spiro atoms. The van der Waals surface area contributed by atoms with Crippen molar-refractivity contribution >= 4 is 35.0 Å². The molecule has 0 atom stereocenters. The monoisotopic (exact) mass is 359 g/mol. The third-order valence-corrected chi connectivity index (χ3v) is 4.30. The molecule has 7 heteroatoms. The molecular formula is C16H13ClF3NOS. The average molecular weight is 360 g/mol. The molecule has 23 heavy (non-hydrogen) atoms. The van der Waals surface area contributed by atoms with Gasteiger partial charge in [-0.05, 0) is 31.2 Å². The van der Waals surface area contributed by atoms with Gasteiger partial charge in [0.25, 0.3) is 0 Å². The van der Waals surface area contributed by atoms with Gasteiger partial charge in [-0.15, -0.1) is 11.8 Å². The summed E-state index contributed by atoms with van der Waals surface area (Å²) in [6.07, 6.45) is -4.59. The van der Waals surface area contributed by atoms with Crippen LogP contribution in [0.5, 0.6) is 0 Å². The molecule has 0 unspecified atom stereocenters. The molecule has 122 valence electrons. The lowest BCUT2D eigenvalue weighted by Crippen LogP contribution is -2.18. The van der Waals surface area contributed by atoms with Gasteiger partial charge in [-0.25, -0.2) is 0 Å². The number of hydrogen-bond donors (Lipinski definition) is 1. The predicted molar refractivity (Wildman–Crippen MR) is 87.0 cm³/mol. The van der Waals surface area contributed by atoms with Crippen molar-refractivity contribution in [3.8, 4) is 0 Å². The predicted octanol–water partition coefficient (Wildman–Crippen LogP) is 5.40. The molecule has 0 aromatic heterocycles. The normalized spacial score (nSPS) is 11.3. The molecule has 0 heterocycles. The first kappa shape index (κ1) is 17.7. The van der Waals surface area contributed by atoms with Crippen LogP contribution in [0.25, 0.3) is 0 Å². The zero-order valence-electron chi connectivity index (χ0n) is 12.1. The molecule has 2 aromatic rings. The topological polar surface area (TPSA) is 29.1 Å². The fourth-order valence-electron chi connectivity index (χ4n) is 1.85. The Balaban J connectivity index is 2.07. The van der Waals surface area contributed by atoms with Crippen molar-refractivity contribution in [3.05, 3.63) is 58.6 Å². The number of thioether (sulfide) groups is 1. The maximum Gasteiger partial charge on any atom is 0.418 e. The van der Waals surface area contributed by atoms with Crippen LogP contribution >= 0.6 is 23.4 Å². The summed E-state index contributed by atoms with van der Waals surface area (Å²) in [5.41, 5.74) is -0.278. The Morgan fingerprint density at radius 3 is 2.43 bits per heavy atom. The van der Waals surface area contributed by atoms with E-state index in [-0.39, 0.29) is 10.8 Å². The minimum Gasteiger partial charge on any atom is -0.324 e. The van der Waals surface area contributed by atoms with Crippen LogP contribution in [0.4, 0.5) is 18.9 Å². The van der Waals surface area contributed by atoms with Gasteiger partial charge in [0.15, 0.2) is 0 Å². The third kappa shape index (κ3) is 4.91. The van der Waals surface area contributed by atoms with Crippen LogP contribution in [-0.4, -0.2) is 11.7 Å². The summed E-state index contributed by atoms with van der Waals surface area (Å²) in [4.78, 5) is 12.8. The molecule has 2 nitrogen and oxygen atoms in total. The van der Waals surface area contributed by atoms with Crippen molar-refractivity contribution in [2.24, 2.45) is 0 Å². The van der Waals surface area contributed by atoms with E-state index in [9.17, 15) is 18.0 Å². The Morgan fingerprint density at radius 2 is 1.83 bits per heavy atom. The standard InChI is InChI=1S/C16H13ClF3NOS/c1-10-5-7-11(8-6-10)23-9-14(22)21-15-12(16(18,19)20)3-2-4-13(15)17/h2-8H,9H2,1H3,(H,21,22). The smallest absolute Gasteiger partial charge is 0.324 e. The van der Waals surface area contributed by atoms with E-state index < -0.39 is 23.3 Å². The van der Waals surface area contributed by atoms with Gasteiger partial charge in [0.05, 0.1) is 22.0 Å². The van der Waals surface area contributed by atoms with Crippen molar-refractivity contribution in [2.75, 3.05) is 11.1 Å². The van der Waals surface area contributed by atoms with Crippen molar-refractivity contribution < 1.29 is 18.0 Å². The molecule has 0 fully saturated rings. The minimum atomic E-state index is -4.59. The number of benzene rings is 2. The van der Waals surface area contributed by atoms with Crippen molar-refractivity contribution in [3.63, 3.8) is 0 Å². The average Bonchev–Trinajstić information content (AvgIpc) is 2.47. The summed E-state index contributed by atoms with van der Waals surface area (Å²) in [6, 6.07) is 10.9. The van der Waals surface area contributed by atoms with E-state index in [1.54, 1.807) is 0 Å². The van der Waals surface area contributed by atoms with E-state index in [1.165, 1.54) is 23.9 Å². The Kier molecular flexibility index (Phi) is 5.59. The molecule has 0 radical (unpaired) electrons. The number of carbonyl (C=O) groups is 1. The Hall–Kier alpha value is -1.66. The molecule has 0 aliphatic carbocycles. The molecule has 0 saturated heterocycles. The molecule has 2 aromatic carbocycles. The minimum absolute atomic E-state index is 0.00835. The summed E-state index contributed by atoms with van der Waals surface area (Å²) in [6.45, 7) is 1.94. The number of anilines is 1. The number of aryl methyl sites for hydroxylation is 1. The molecule has 2 rings (SSSR count). The molecule has 0 bridgehead atoms. The Morgan fingerprint density at radius 1 is 1.17 bits per heavy atom. The second kappa shape index (κ2) is 7.27. The summed E-state index contributed by atoms with van der Waals surface area (Å²) < 4.78 is 38.9. The first-order chi connectivity index (χ1) is 10.8. The summed E-state index contributed by atoms with van der Waals surface area (Å²) in [5, 5.41) is 2.11. The molecule has 0 aliphatic heterocycles. The number of nitrogens with one attached hydrogen (secondary N) is 1. The molecule has 1 N–H and O–H groups in total. The van der Waals surface area contributed by atoms with Crippen LogP contribution in [0.15, 0.2) is 47.4 Å². The highest BCUT2D eigenvalue weighted by molar-refractivity contribution is 8.00. The molecule has 1 amide bonds. The van der Waals surface area contributed by atoms with Gasteiger partial charge in [0, 0.05) is 4.90 Å².